The average Bonchev–Trinajstić information content (AvgIpc) is 2.66. The lowest BCUT2D eigenvalue weighted by Gasteiger charge is -2.05. The zero-order valence-corrected chi connectivity index (χ0v) is 8.23. The van der Waals surface area contributed by atoms with E-state index in [1.807, 2.05) is 16.8 Å². The molecule has 15 heavy (non-hydrogen) atoms. The van der Waals surface area contributed by atoms with E-state index in [1.54, 1.807) is 12.3 Å². The first kappa shape index (κ1) is 9.86. The maximum absolute atomic E-state index is 13.0. The van der Waals surface area contributed by atoms with Crippen molar-refractivity contribution in [1.82, 2.24) is 9.55 Å². The van der Waals surface area contributed by atoms with Crippen LogP contribution >= 0.6 is 0 Å². The number of halogens is 1. The topological polar surface area (TPSA) is 43.8 Å². The van der Waals surface area contributed by atoms with Crippen LogP contribution in [0.5, 0.6) is 0 Å². The molecule has 0 atom stereocenters. The molecule has 1 aromatic heterocycles. The van der Waals surface area contributed by atoms with Crippen LogP contribution in [0.4, 0.5) is 4.39 Å². The zero-order chi connectivity index (χ0) is 10.7. The molecule has 1 aromatic carbocycles. The Bertz CT molecular complexity index is 451. The summed E-state index contributed by atoms with van der Waals surface area (Å²) in [6.45, 7) is 1.23. The minimum atomic E-state index is -0.255. The summed E-state index contributed by atoms with van der Waals surface area (Å²) in [7, 11) is 0. The molecule has 0 saturated carbocycles. The Morgan fingerprint density at radius 3 is 3.00 bits per heavy atom. The highest BCUT2D eigenvalue weighted by Crippen LogP contribution is 2.17. The number of nitrogens with zero attached hydrogens (tertiary/aromatic N) is 2. The molecule has 0 spiro atoms. The van der Waals surface area contributed by atoms with Crippen LogP contribution in [0.15, 0.2) is 36.7 Å². The molecule has 4 heteroatoms. The Hall–Kier alpha value is -1.68. The van der Waals surface area contributed by atoms with Gasteiger partial charge in [0.15, 0.2) is 0 Å². The molecule has 0 aliphatic carbocycles. The van der Waals surface area contributed by atoms with Gasteiger partial charge in [0.1, 0.15) is 11.6 Å². The summed E-state index contributed by atoms with van der Waals surface area (Å²) in [5, 5.41) is 0. The van der Waals surface area contributed by atoms with Crippen LogP contribution in [-0.4, -0.2) is 16.1 Å². The van der Waals surface area contributed by atoms with Crippen molar-refractivity contribution in [1.29, 1.82) is 0 Å². The van der Waals surface area contributed by atoms with Crippen molar-refractivity contribution < 1.29 is 4.39 Å². The van der Waals surface area contributed by atoms with E-state index in [1.165, 1.54) is 12.1 Å². The standard InChI is InChI=1S/C11H12FN3/c12-10-3-1-2-9(8-10)11-14-5-7-15(11)6-4-13/h1-3,5,7-8H,4,6,13H2. The normalized spacial score (nSPS) is 10.5. The molecule has 0 amide bonds. The summed E-state index contributed by atoms with van der Waals surface area (Å²) < 4.78 is 14.9. The molecule has 2 N–H and O–H groups in total. The molecule has 1 heterocycles. The van der Waals surface area contributed by atoms with Gasteiger partial charge in [-0.05, 0) is 12.1 Å². The number of nitrogens with two attached hydrogens (primary N) is 1. The lowest BCUT2D eigenvalue weighted by Crippen LogP contribution is -2.10. The minimum absolute atomic E-state index is 0.255. The number of benzene rings is 1. The maximum atomic E-state index is 13.0. The first-order chi connectivity index (χ1) is 7.31. The zero-order valence-electron chi connectivity index (χ0n) is 8.23. The molecule has 0 aliphatic heterocycles. The SMILES string of the molecule is NCCn1ccnc1-c1cccc(F)c1. The van der Waals surface area contributed by atoms with Crippen molar-refractivity contribution >= 4 is 0 Å². The molecule has 0 aliphatic rings. The van der Waals surface area contributed by atoms with E-state index in [-0.39, 0.29) is 5.82 Å². The molecule has 0 fully saturated rings. The molecule has 0 unspecified atom stereocenters. The van der Waals surface area contributed by atoms with Gasteiger partial charge in [0.2, 0.25) is 0 Å². The fourth-order valence-corrected chi connectivity index (χ4v) is 1.52. The van der Waals surface area contributed by atoms with Crippen LogP contribution < -0.4 is 5.73 Å². The highest BCUT2D eigenvalue weighted by Gasteiger charge is 2.05. The molecular formula is C11H12FN3. The van der Waals surface area contributed by atoms with Crippen molar-refractivity contribution in [3.63, 3.8) is 0 Å². The number of hydrogen-bond donors (Lipinski definition) is 1. The lowest BCUT2D eigenvalue weighted by atomic mass is 10.2. The van der Waals surface area contributed by atoms with Crippen molar-refractivity contribution in [3.8, 4) is 11.4 Å². The third-order valence-electron chi connectivity index (χ3n) is 2.17. The van der Waals surface area contributed by atoms with Gasteiger partial charge < -0.3 is 10.3 Å². The Morgan fingerprint density at radius 2 is 2.27 bits per heavy atom. The van der Waals surface area contributed by atoms with E-state index in [0.29, 0.717) is 13.1 Å². The molecule has 0 saturated heterocycles. The minimum Gasteiger partial charge on any atom is -0.330 e. The lowest BCUT2D eigenvalue weighted by molar-refractivity contribution is 0.627. The maximum Gasteiger partial charge on any atom is 0.140 e. The largest absolute Gasteiger partial charge is 0.330 e. The van der Waals surface area contributed by atoms with Gasteiger partial charge >= 0.3 is 0 Å². The van der Waals surface area contributed by atoms with Crippen LogP contribution in [0, 0.1) is 5.82 Å². The summed E-state index contributed by atoms with van der Waals surface area (Å²) in [5.74, 6) is 0.495. The summed E-state index contributed by atoms with van der Waals surface area (Å²) in [6, 6.07) is 6.39. The molecule has 2 aromatic rings. The number of hydrogen-bond acceptors (Lipinski definition) is 2. The number of aromatic nitrogens is 2. The first-order valence-electron chi connectivity index (χ1n) is 4.78. The molecule has 0 radical (unpaired) electrons. The van der Waals surface area contributed by atoms with Crippen molar-refractivity contribution in [3.05, 3.63) is 42.5 Å². The second-order valence-corrected chi connectivity index (χ2v) is 3.24. The Kier molecular flexibility index (Phi) is 2.78. The summed E-state index contributed by atoms with van der Waals surface area (Å²) in [5.41, 5.74) is 6.25. The fraction of sp³-hybridized carbons (Fsp3) is 0.182. The quantitative estimate of drug-likeness (QED) is 0.828. The summed E-state index contributed by atoms with van der Waals surface area (Å²) >= 11 is 0. The molecule has 78 valence electrons. The van der Waals surface area contributed by atoms with Crippen LogP contribution in [0.2, 0.25) is 0 Å². The average molecular weight is 205 g/mol. The third-order valence-corrected chi connectivity index (χ3v) is 2.17. The van der Waals surface area contributed by atoms with E-state index < -0.39 is 0 Å². The summed E-state index contributed by atoms with van der Waals surface area (Å²) in [4.78, 5) is 4.19. The molecule has 0 bridgehead atoms. The van der Waals surface area contributed by atoms with Gasteiger partial charge in [0, 0.05) is 31.0 Å². The van der Waals surface area contributed by atoms with Crippen LogP contribution in [-0.2, 0) is 6.54 Å². The van der Waals surface area contributed by atoms with Gasteiger partial charge in [-0.2, -0.15) is 0 Å². The van der Waals surface area contributed by atoms with Gasteiger partial charge in [0.25, 0.3) is 0 Å². The van der Waals surface area contributed by atoms with Crippen molar-refractivity contribution in [2.75, 3.05) is 6.54 Å². The Labute approximate surface area is 87.4 Å². The Balaban J connectivity index is 2.40. The predicted molar refractivity (Wildman–Crippen MR) is 56.7 cm³/mol. The van der Waals surface area contributed by atoms with Crippen molar-refractivity contribution in [2.24, 2.45) is 5.73 Å². The third kappa shape index (κ3) is 2.05. The number of imidazole rings is 1. The molecule has 2 rings (SSSR count). The van der Waals surface area contributed by atoms with E-state index in [4.69, 9.17) is 5.73 Å². The second kappa shape index (κ2) is 4.23. The van der Waals surface area contributed by atoms with Crippen molar-refractivity contribution in [2.45, 2.75) is 6.54 Å². The van der Waals surface area contributed by atoms with E-state index in [0.717, 1.165) is 11.4 Å². The van der Waals surface area contributed by atoms with Gasteiger partial charge in [-0.25, -0.2) is 9.37 Å². The van der Waals surface area contributed by atoms with Crippen LogP contribution in [0.25, 0.3) is 11.4 Å². The monoisotopic (exact) mass is 205 g/mol. The Morgan fingerprint density at radius 1 is 1.40 bits per heavy atom. The highest BCUT2D eigenvalue weighted by molar-refractivity contribution is 5.55. The van der Waals surface area contributed by atoms with Gasteiger partial charge in [-0.15, -0.1) is 0 Å². The van der Waals surface area contributed by atoms with Crippen LogP contribution in [0.1, 0.15) is 0 Å². The van der Waals surface area contributed by atoms with Gasteiger partial charge in [-0.3, -0.25) is 0 Å². The number of rotatable bonds is 3. The van der Waals surface area contributed by atoms with Gasteiger partial charge in [0.05, 0.1) is 0 Å². The predicted octanol–water partition coefficient (Wildman–Crippen LogP) is 1.65. The first-order valence-corrected chi connectivity index (χ1v) is 4.78. The smallest absolute Gasteiger partial charge is 0.140 e. The molecule has 3 nitrogen and oxygen atoms in total. The van der Waals surface area contributed by atoms with Gasteiger partial charge in [-0.1, -0.05) is 12.1 Å². The highest BCUT2D eigenvalue weighted by atomic mass is 19.1. The second-order valence-electron chi connectivity index (χ2n) is 3.24. The summed E-state index contributed by atoms with van der Waals surface area (Å²) in [6.07, 6.45) is 3.53. The van der Waals surface area contributed by atoms with E-state index >= 15 is 0 Å². The van der Waals surface area contributed by atoms with E-state index in [9.17, 15) is 4.39 Å². The molecular weight excluding hydrogens is 193 g/mol. The fourth-order valence-electron chi connectivity index (χ4n) is 1.52. The van der Waals surface area contributed by atoms with E-state index in [2.05, 4.69) is 4.98 Å². The van der Waals surface area contributed by atoms with Crippen LogP contribution in [0.3, 0.4) is 0 Å².